The average Bonchev–Trinajstić information content (AvgIpc) is 2.86. The molecule has 0 fully saturated rings. The number of thioether (sulfide) groups is 1. The number of methoxy groups -OCH3 is 1. The van der Waals surface area contributed by atoms with E-state index in [9.17, 15) is 4.79 Å². The summed E-state index contributed by atoms with van der Waals surface area (Å²) in [5.74, 6) is 0.468. The van der Waals surface area contributed by atoms with Crippen molar-refractivity contribution in [1.29, 1.82) is 0 Å². The van der Waals surface area contributed by atoms with E-state index in [0.717, 1.165) is 5.69 Å². The van der Waals surface area contributed by atoms with Gasteiger partial charge in [-0.1, -0.05) is 11.8 Å². The van der Waals surface area contributed by atoms with Gasteiger partial charge in [-0.15, -0.1) is 0 Å². The van der Waals surface area contributed by atoms with Crippen LogP contribution in [0.3, 0.4) is 0 Å². The lowest BCUT2D eigenvalue weighted by atomic mass is 10.2. The van der Waals surface area contributed by atoms with Crippen LogP contribution in [0.2, 0.25) is 0 Å². The highest BCUT2D eigenvalue weighted by atomic mass is 32.2. The van der Waals surface area contributed by atoms with E-state index in [4.69, 9.17) is 14.9 Å². The number of ether oxygens (including phenoxy) is 1. The molecule has 2 aromatic rings. The summed E-state index contributed by atoms with van der Waals surface area (Å²) in [6.45, 7) is 3.61. The van der Waals surface area contributed by atoms with E-state index in [0.29, 0.717) is 22.3 Å². The van der Waals surface area contributed by atoms with Gasteiger partial charge in [0.25, 0.3) is 5.22 Å². The fraction of sp³-hybridized carbons (Fsp3) is 0.286. The molecule has 0 spiro atoms. The topological polar surface area (TPSA) is 90.4 Å². The summed E-state index contributed by atoms with van der Waals surface area (Å²) >= 11 is 1.25. The molecule has 0 bridgehead atoms. The van der Waals surface area contributed by atoms with Gasteiger partial charge in [0.1, 0.15) is 12.0 Å². The molecule has 0 aliphatic heterocycles. The number of carbonyl (C=O) groups excluding carboxylic acids is 1. The van der Waals surface area contributed by atoms with Crippen LogP contribution < -0.4 is 15.8 Å². The lowest BCUT2D eigenvalue weighted by Gasteiger charge is -2.12. The maximum atomic E-state index is 12.1. The van der Waals surface area contributed by atoms with Gasteiger partial charge in [0.05, 0.1) is 29.4 Å². The molecule has 1 aromatic heterocycles. The standard InChI is InChI=1S/C14H17N3O3S/c1-8-7-20-14(16-8)21-9(2)13(18)17-12-5-4-10(19-3)6-11(12)15/h4-7,9H,15H2,1-3H3,(H,17,18). The quantitative estimate of drug-likeness (QED) is 0.652. The molecule has 0 aliphatic rings. The monoisotopic (exact) mass is 307 g/mol. The average molecular weight is 307 g/mol. The summed E-state index contributed by atoms with van der Waals surface area (Å²) in [7, 11) is 1.56. The van der Waals surface area contributed by atoms with Crippen LogP contribution in [-0.2, 0) is 4.79 Å². The molecule has 6 nitrogen and oxygen atoms in total. The van der Waals surface area contributed by atoms with E-state index in [-0.39, 0.29) is 11.2 Å². The highest BCUT2D eigenvalue weighted by Gasteiger charge is 2.18. The van der Waals surface area contributed by atoms with Crippen molar-refractivity contribution < 1.29 is 13.9 Å². The second-order valence-corrected chi connectivity index (χ2v) is 5.75. The number of aromatic nitrogens is 1. The molecule has 21 heavy (non-hydrogen) atoms. The van der Waals surface area contributed by atoms with E-state index >= 15 is 0 Å². The van der Waals surface area contributed by atoms with Gasteiger partial charge in [-0.05, 0) is 26.0 Å². The van der Waals surface area contributed by atoms with Crippen LogP contribution in [0.5, 0.6) is 5.75 Å². The molecule has 0 saturated heterocycles. The molecule has 2 rings (SSSR count). The van der Waals surface area contributed by atoms with E-state index in [1.165, 1.54) is 11.8 Å². The predicted octanol–water partition coefficient (Wildman–Crippen LogP) is 2.69. The molecule has 1 unspecified atom stereocenters. The van der Waals surface area contributed by atoms with E-state index in [2.05, 4.69) is 10.3 Å². The Hall–Kier alpha value is -2.15. The van der Waals surface area contributed by atoms with Crippen molar-refractivity contribution in [3.05, 3.63) is 30.2 Å². The first-order valence-corrected chi connectivity index (χ1v) is 7.20. The predicted molar refractivity (Wildman–Crippen MR) is 82.6 cm³/mol. The molecular weight excluding hydrogens is 290 g/mol. The molecule has 0 saturated carbocycles. The highest BCUT2D eigenvalue weighted by Crippen LogP contribution is 2.27. The summed E-state index contributed by atoms with van der Waals surface area (Å²) in [4.78, 5) is 16.3. The van der Waals surface area contributed by atoms with E-state index < -0.39 is 0 Å². The van der Waals surface area contributed by atoms with Crippen LogP contribution in [0.4, 0.5) is 11.4 Å². The number of hydrogen-bond donors (Lipinski definition) is 2. The van der Waals surface area contributed by atoms with Crippen LogP contribution in [0.15, 0.2) is 34.1 Å². The number of benzene rings is 1. The van der Waals surface area contributed by atoms with Crippen molar-refractivity contribution in [2.24, 2.45) is 0 Å². The molecular formula is C14H17N3O3S. The minimum Gasteiger partial charge on any atom is -0.497 e. The van der Waals surface area contributed by atoms with Gasteiger partial charge in [0.2, 0.25) is 5.91 Å². The largest absolute Gasteiger partial charge is 0.497 e. The van der Waals surface area contributed by atoms with Crippen LogP contribution in [0.25, 0.3) is 0 Å². The number of hydrogen-bond acceptors (Lipinski definition) is 6. The number of aryl methyl sites for hydroxylation is 1. The highest BCUT2D eigenvalue weighted by molar-refractivity contribution is 8.00. The Kier molecular flexibility index (Phi) is 4.74. The molecule has 1 amide bonds. The van der Waals surface area contributed by atoms with Crippen LogP contribution in [0, 0.1) is 6.92 Å². The molecule has 112 valence electrons. The molecule has 0 aliphatic carbocycles. The fourth-order valence-corrected chi connectivity index (χ4v) is 2.38. The Morgan fingerprint density at radius 3 is 2.86 bits per heavy atom. The number of rotatable bonds is 5. The second-order valence-electron chi connectivity index (χ2n) is 4.46. The number of nitrogens with zero attached hydrogens (tertiary/aromatic N) is 1. The van der Waals surface area contributed by atoms with E-state index in [1.54, 1.807) is 38.5 Å². The lowest BCUT2D eigenvalue weighted by molar-refractivity contribution is -0.115. The number of nitrogens with one attached hydrogen (secondary N) is 1. The minimum atomic E-state index is -0.357. The number of amides is 1. The van der Waals surface area contributed by atoms with Gasteiger partial charge in [-0.3, -0.25) is 4.79 Å². The Morgan fingerprint density at radius 2 is 2.29 bits per heavy atom. The molecule has 1 atom stereocenters. The van der Waals surface area contributed by atoms with Crippen LogP contribution >= 0.6 is 11.8 Å². The van der Waals surface area contributed by atoms with Gasteiger partial charge in [0, 0.05) is 6.07 Å². The molecule has 3 N–H and O–H groups in total. The maximum absolute atomic E-state index is 12.1. The van der Waals surface area contributed by atoms with Crippen LogP contribution in [-0.4, -0.2) is 23.3 Å². The summed E-state index contributed by atoms with van der Waals surface area (Å²) < 4.78 is 10.3. The third kappa shape index (κ3) is 3.91. The Bertz CT molecular complexity index is 642. The molecule has 1 aromatic carbocycles. The number of nitrogens with two attached hydrogens (primary N) is 1. The van der Waals surface area contributed by atoms with Crippen molar-refractivity contribution in [3.63, 3.8) is 0 Å². The first kappa shape index (κ1) is 15.2. The minimum absolute atomic E-state index is 0.173. The first-order chi connectivity index (χ1) is 9.99. The Labute approximate surface area is 127 Å². The Morgan fingerprint density at radius 1 is 1.52 bits per heavy atom. The van der Waals surface area contributed by atoms with Gasteiger partial charge < -0.3 is 20.2 Å². The molecule has 0 radical (unpaired) electrons. The van der Waals surface area contributed by atoms with Crippen molar-refractivity contribution in [1.82, 2.24) is 4.98 Å². The number of oxazole rings is 1. The zero-order chi connectivity index (χ0) is 15.4. The van der Waals surface area contributed by atoms with Crippen molar-refractivity contribution >= 4 is 29.0 Å². The number of anilines is 2. The van der Waals surface area contributed by atoms with Crippen LogP contribution in [0.1, 0.15) is 12.6 Å². The summed E-state index contributed by atoms with van der Waals surface area (Å²) in [6, 6.07) is 5.10. The zero-order valence-electron chi connectivity index (χ0n) is 12.0. The van der Waals surface area contributed by atoms with Gasteiger partial charge in [-0.2, -0.15) is 0 Å². The zero-order valence-corrected chi connectivity index (χ0v) is 12.9. The second kappa shape index (κ2) is 6.53. The smallest absolute Gasteiger partial charge is 0.256 e. The normalized spacial score (nSPS) is 12.0. The van der Waals surface area contributed by atoms with Crippen molar-refractivity contribution in [2.75, 3.05) is 18.2 Å². The fourth-order valence-electron chi connectivity index (χ4n) is 1.61. The lowest BCUT2D eigenvalue weighted by Crippen LogP contribution is -2.23. The summed E-state index contributed by atoms with van der Waals surface area (Å²) in [6.07, 6.45) is 1.55. The number of nitrogen functional groups attached to an aromatic ring is 1. The van der Waals surface area contributed by atoms with E-state index in [1.807, 2.05) is 6.92 Å². The summed E-state index contributed by atoms with van der Waals surface area (Å²) in [5, 5.41) is 2.89. The SMILES string of the molecule is COc1ccc(NC(=O)C(C)Sc2nc(C)co2)c(N)c1. The molecule has 1 heterocycles. The first-order valence-electron chi connectivity index (χ1n) is 6.32. The van der Waals surface area contributed by atoms with Gasteiger partial charge in [-0.25, -0.2) is 4.98 Å². The van der Waals surface area contributed by atoms with Gasteiger partial charge in [0.15, 0.2) is 0 Å². The van der Waals surface area contributed by atoms with Crippen molar-refractivity contribution in [3.8, 4) is 5.75 Å². The Balaban J connectivity index is 2.00. The third-order valence-electron chi connectivity index (χ3n) is 2.76. The molecule has 7 heteroatoms. The third-order valence-corrected chi connectivity index (χ3v) is 3.72. The maximum Gasteiger partial charge on any atom is 0.256 e. The van der Waals surface area contributed by atoms with Crippen molar-refractivity contribution in [2.45, 2.75) is 24.3 Å². The number of carbonyl (C=O) groups is 1. The van der Waals surface area contributed by atoms with Gasteiger partial charge >= 0.3 is 0 Å². The summed E-state index contributed by atoms with van der Waals surface area (Å²) in [5.41, 5.74) is 7.65.